The quantitative estimate of drug-likeness (QED) is 0.837. The first-order chi connectivity index (χ1) is 11.7. The molecule has 0 unspecified atom stereocenters. The Morgan fingerprint density at radius 1 is 1.12 bits per heavy atom. The number of amides is 1. The Balaban J connectivity index is 2.15. The van der Waals surface area contributed by atoms with Gasteiger partial charge in [0.05, 0.1) is 11.9 Å². The predicted octanol–water partition coefficient (Wildman–Crippen LogP) is 3.12. The Bertz CT molecular complexity index is 834. The van der Waals surface area contributed by atoms with Crippen LogP contribution in [0.2, 0.25) is 5.02 Å². The second-order valence-electron chi connectivity index (χ2n) is 5.91. The molecule has 5 nitrogen and oxygen atoms in total. The van der Waals surface area contributed by atoms with Crippen LogP contribution < -0.4 is 9.62 Å². The van der Waals surface area contributed by atoms with Gasteiger partial charge >= 0.3 is 0 Å². The largest absolute Gasteiger partial charge is 0.350 e. The molecule has 0 aromatic heterocycles. The zero-order chi connectivity index (χ0) is 18.6. The lowest BCUT2D eigenvalue weighted by molar-refractivity contribution is -0.122. The molecule has 1 atom stereocenters. The monoisotopic (exact) mass is 380 g/mol. The number of nitrogens with zero attached hydrogens (tertiary/aromatic N) is 1. The van der Waals surface area contributed by atoms with Crippen LogP contribution in [-0.4, -0.2) is 26.6 Å². The van der Waals surface area contributed by atoms with Crippen molar-refractivity contribution in [2.45, 2.75) is 26.4 Å². The number of carbonyl (C=O) groups is 1. The molecule has 0 bridgehead atoms. The Kier molecular flexibility index (Phi) is 6.08. The number of hydrogen-bond acceptors (Lipinski definition) is 3. The van der Waals surface area contributed by atoms with Gasteiger partial charge in [0.1, 0.15) is 6.04 Å². The summed E-state index contributed by atoms with van der Waals surface area (Å²) in [6, 6.07) is 13.2. The predicted molar refractivity (Wildman–Crippen MR) is 101 cm³/mol. The van der Waals surface area contributed by atoms with Crippen LogP contribution in [-0.2, 0) is 21.4 Å². The number of carbonyl (C=O) groups excluding carboxylic acids is 1. The highest BCUT2D eigenvalue weighted by molar-refractivity contribution is 7.92. The van der Waals surface area contributed by atoms with Gasteiger partial charge < -0.3 is 5.32 Å². The first-order valence-corrected chi connectivity index (χ1v) is 9.99. The summed E-state index contributed by atoms with van der Waals surface area (Å²) in [6.45, 7) is 3.88. The minimum Gasteiger partial charge on any atom is -0.350 e. The molecule has 0 aliphatic rings. The molecule has 2 aromatic carbocycles. The van der Waals surface area contributed by atoms with E-state index >= 15 is 0 Å². The number of benzene rings is 2. The van der Waals surface area contributed by atoms with Crippen LogP contribution in [0.1, 0.15) is 18.1 Å². The minimum atomic E-state index is -3.63. The van der Waals surface area contributed by atoms with Gasteiger partial charge in [-0.1, -0.05) is 41.4 Å². The van der Waals surface area contributed by atoms with Crippen LogP contribution in [0.3, 0.4) is 0 Å². The van der Waals surface area contributed by atoms with E-state index in [-0.39, 0.29) is 5.91 Å². The van der Waals surface area contributed by atoms with Crippen molar-refractivity contribution in [3.05, 3.63) is 64.7 Å². The van der Waals surface area contributed by atoms with Crippen LogP contribution in [0, 0.1) is 6.92 Å². The number of hydrogen-bond donors (Lipinski definition) is 1. The lowest BCUT2D eigenvalue weighted by Gasteiger charge is -2.28. The summed E-state index contributed by atoms with van der Waals surface area (Å²) in [6.07, 6.45) is 1.07. The van der Waals surface area contributed by atoms with Gasteiger partial charge in [-0.15, -0.1) is 0 Å². The molecule has 0 saturated carbocycles. The normalized spacial score (nSPS) is 12.5. The Hall–Kier alpha value is -2.05. The molecule has 0 fully saturated rings. The van der Waals surface area contributed by atoms with Crippen molar-refractivity contribution in [2.75, 3.05) is 10.6 Å². The fraction of sp³-hybridized carbons (Fsp3) is 0.278. The highest BCUT2D eigenvalue weighted by Crippen LogP contribution is 2.23. The molecular weight excluding hydrogens is 360 g/mol. The molecule has 0 aliphatic heterocycles. The van der Waals surface area contributed by atoms with Crippen LogP contribution in [0.25, 0.3) is 0 Å². The van der Waals surface area contributed by atoms with E-state index in [1.54, 1.807) is 31.2 Å². The fourth-order valence-electron chi connectivity index (χ4n) is 2.44. The zero-order valence-corrected chi connectivity index (χ0v) is 15.9. The van der Waals surface area contributed by atoms with E-state index in [0.29, 0.717) is 17.3 Å². The Labute approximate surface area is 153 Å². The van der Waals surface area contributed by atoms with E-state index in [9.17, 15) is 13.2 Å². The third kappa shape index (κ3) is 5.21. The van der Waals surface area contributed by atoms with Gasteiger partial charge in [-0.05, 0) is 43.7 Å². The molecule has 0 radical (unpaired) electrons. The van der Waals surface area contributed by atoms with Crippen molar-refractivity contribution in [2.24, 2.45) is 0 Å². The average Bonchev–Trinajstić information content (AvgIpc) is 2.54. The number of anilines is 1. The highest BCUT2D eigenvalue weighted by atomic mass is 35.5. The van der Waals surface area contributed by atoms with Crippen molar-refractivity contribution in [1.29, 1.82) is 0 Å². The second kappa shape index (κ2) is 7.89. The zero-order valence-electron chi connectivity index (χ0n) is 14.4. The molecule has 0 saturated heterocycles. The molecule has 0 aliphatic carbocycles. The molecule has 0 spiro atoms. The van der Waals surface area contributed by atoms with Crippen LogP contribution in [0.4, 0.5) is 5.69 Å². The maximum absolute atomic E-state index is 12.5. The molecule has 1 N–H and O–H groups in total. The van der Waals surface area contributed by atoms with Gasteiger partial charge in [0.2, 0.25) is 15.9 Å². The van der Waals surface area contributed by atoms with Gasteiger partial charge in [-0.2, -0.15) is 0 Å². The summed E-state index contributed by atoms with van der Waals surface area (Å²) in [4.78, 5) is 12.5. The van der Waals surface area contributed by atoms with Crippen LogP contribution in [0.15, 0.2) is 48.5 Å². The maximum Gasteiger partial charge on any atom is 0.243 e. The van der Waals surface area contributed by atoms with Crippen molar-refractivity contribution >= 4 is 33.2 Å². The van der Waals surface area contributed by atoms with Gasteiger partial charge in [-0.3, -0.25) is 9.10 Å². The van der Waals surface area contributed by atoms with Crippen molar-refractivity contribution in [1.82, 2.24) is 5.32 Å². The van der Waals surface area contributed by atoms with E-state index in [4.69, 9.17) is 11.6 Å². The molecule has 2 aromatic rings. The Morgan fingerprint density at radius 2 is 1.68 bits per heavy atom. The van der Waals surface area contributed by atoms with E-state index in [1.165, 1.54) is 0 Å². The SMILES string of the molecule is Cc1ccc(CNC(=O)[C@@H](C)N(c2ccc(Cl)cc2)S(C)(=O)=O)cc1. The van der Waals surface area contributed by atoms with Gasteiger partial charge in [0, 0.05) is 11.6 Å². The number of rotatable bonds is 6. The third-order valence-electron chi connectivity index (χ3n) is 3.76. The smallest absolute Gasteiger partial charge is 0.243 e. The van der Waals surface area contributed by atoms with Gasteiger partial charge in [-0.25, -0.2) is 8.42 Å². The third-order valence-corrected chi connectivity index (χ3v) is 5.25. The lowest BCUT2D eigenvalue weighted by atomic mass is 10.1. The number of aryl methyl sites for hydroxylation is 1. The molecular formula is C18H21ClN2O3S. The van der Waals surface area contributed by atoms with Crippen molar-refractivity contribution < 1.29 is 13.2 Å². The lowest BCUT2D eigenvalue weighted by Crippen LogP contribution is -2.47. The number of halogens is 1. The Morgan fingerprint density at radius 3 is 2.20 bits per heavy atom. The molecule has 0 heterocycles. The molecule has 2 rings (SSSR count). The summed E-state index contributed by atoms with van der Waals surface area (Å²) < 4.78 is 25.5. The molecule has 1 amide bonds. The van der Waals surface area contributed by atoms with Crippen LogP contribution >= 0.6 is 11.6 Å². The summed E-state index contributed by atoms with van der Waals surface area (Å²) >= 11 is 5.85. The molecule has 7 heteroatoms. The van der Waals surface area contributed by atoms with E-state index in [0.717, 1.165) is 21.7 Å². The van der Waals surface area contributed by atoms with Crippen molar-refractivity contribution in [3.8, 4) is 0 Å². The minimum absolute atomic E-state index is 0.335. The summed E-state index contributed by atoms with van der Waals surface area (Å²) in [7, 11) is -3.63. The van der Waals surface area contributed by atoms with Gasteiger partial charge in [0.25, 0.3) is 0 Å². The summed E-state index contributed by atoms with van der Waals surface area (Å²) in [5, 5.41) is 3.27. The molecule has 134 valence electrons. The first kappa shape index (κ1) is 19.3. The van der Waals surface area contributed by atoms with Crippen LogP contribution in [0.5, 0.6) is 0 Å². The fourth-order valence-corrected chi connectivity index (χ4v) is 3.74. The standard InChI is InChI=1S/C18H21ClN2O3S/c1-13-4-6-15(7-5-13)12-20-18(22)14(2)21(25(3,23)24)17-10-8-16(19)9-11-17/h4-11,14H,12H2,1-3H3,(H,20,22)/t14-/m1/s1. The highest BCUT2D eigenvalue weighted by Gasteiger charge is 2.28. The maximum atomic E-state index is 12.5. The van der Waals surface area contributed by atoms with Crippen molar-refractivity contribution in [3.63, 3.8) is 0 Å². The molecule has 25 heavy (non-hydrogen) atoms. The first-order valence-electron chi connectivity index (χ1n) is 7.76. The second-order valence-corrected chi connectivity index (χ2v) is 8.21. The van der Waals surface area contributed by atoms with Gasteiger partial charge in [0.15, 0.2) is 0 Å². The number of sulfonamides is 1. The summed E-state index contributed by atoms with van der Waals surface area (Å²) in [5.41, 5.74) is 2.47. The van der Waals surface area contributed by atoms with E-state index < -0.39 is 16.1 Å². The van der Waals surface area contributed by atoms with E-state index in [2.05, 4.69) is 5.32 Å². The topological polar surface area (TPSA) is 66.5 Å². The average molecular weight is 381 g/mol. The van der Waals surface area contributed by atoms with E-state index in [1.807, 2.05) is 31.2 Å². The number of nitrogens with one attached hydrogen (secondary N) is 1. The summed E-state index contributed by atoms with van der Waals surface area (Å²) in [5.74, 6) is -0.374.